The molecule has 0 spiro atoms. The van der Waals surface area contributed by atoms with E-state index >= 15 is 0 Å². The van der Waals surface area contributed by atoms with Crippen LogP contribution in [0, 0.1) is 21.8 Å². The molecule has 0 bridgehead atoms. The van der Waals surface area contributed by atoms with Gasteiger partial charge < -0.3 is 4.74 Å². The van der Waals surface area contributed by atoms with Gasteiger partial charge in [0.05, 0.1) is 12.2 Å². The van der Waals surface area contributed by atoms with Gasteiger partial charge in [0.25, 0.3) is 0 Å². The van der Waals surface area contributed by atoms with Gasteiger partial charge in [-0.2, -0.15) is 0 Å². The van der Waals surface area contributed by atoms with Gasteiger partial charge in [0, 0.05) is 8.95 Å². The van der Waals surface area contributed by atoms with Crippen LogP contribution in [0.2, 0.25) is 0 Å². The molecule has 1 rings (SSSR count). The lowest BCUT2D eigenvalue weighted by Crippen LogP contribution is -2.37. The van der Waals surface area contributed by atoms with Gasteiger partial charge in [-0.05, 0) is 79.6 Å². The molecule has 0 heterocycles. The third kappa shape index (κ3) is 5.22. The topological polar surface area (TPSA) is 29.5 Å². The fraction of sp³-hybridized carbons (Fsp3) is 0.400. The van der Waals surface area contributed by atoms with Gasteiger partial charge >= 0.3 is 6.09 Å². The number of rotatable bonds is 2. The summed E-state index contributed by atoms with van der Waals surface area (Å²) in [6, 6.07) is 5.83. The Hall–Kier alpha value is -0.930. The van der Waals surface area contributed by atoms with Crippen molar-refractivity contribution in [3.63, 3.8) is 0 Å². The van der Waals surface area contributed by atoms with Gasteiger partial charge in [-0.1, -0.05) is 12.0 Å². The van der Waals surface area contributed by atoms with E-state index < -0.39 is 11.7 Å². The molecular formula is C15H17ClINO2. The van der Waals surface area contributed by atoms with Crippen molar-refractivity contribution >= 4 is 46.0 Å². The fourth-order valence-electron chi connectivity index (χ4n) is 1.50. The van der Waals surface area contributed by atoms with Gasteiger partial charge in [-0.3, -0.25) is 4.90 Å². The number of ether oxygens (including phenoxy) is 1. The highest BCUT2D eigenvalue weighted by atomic mass is 127. The number of benzene rings is 1. The van der Waals surface area contributed by atoms with Gasteiger partial charge in [-0.25, -0.2) is 4.79 Å². The van der Waals surface area contributed by atoms with Gasteiger partial charge in [0.1, 0.15) is 5.60 Å². The molecule has 20 heavy (non-hydrogen) atoms. The summed E-state index contributed by atoms with van der Waals surface area (Å²) in [4.78, 5) is 13.8. The monoisotopic (exact) mass is 405 g/mol. The number of hydrogen-bond acceptors (Lipinski definition) is 2. The van der Waals surface area contributed by atoms with Crippen LogP contribution in [0.25, 0.3) is 0 Å². The summed E-state index contributed by atoms with van der Waals surface area (Å²) in [6.45, 7) is 7.68. The van der Waals surface area contributed by atoms with E-state index in [1.165, 1.54) is 4.90 Å². The Bertz CT molecular complexity index is 555. The van der Waals surface area contributed by atoms with Crippen molar-refractivity contribution in [3.8, 4) is 11.3 Å². The second kappa shape index (κ2) is 7.19. The summed E-state index contributed by atoms with van der Waals surface area (Å²) in [5.74, 6) is 2.69. The van der Waals surface area contributed by atoms with E-state index in [0.29, 0.717) is 0 Å². The molecule has 0 aromatic heterocycles. The quantitative estimate of drug-likeness (QED) is 0.534. The number of hydrogen-bond donors (Lipinski definition) is 0. The van der Waals surface area contributed by atoms with Crippen LogP contribution in [-0.2, 0) is 4.74 Å². The Morgan fingerprint density at radius 1 is 1.45 bits per heavy atom. The molecule has 1 aromatic rings. The Balaban J connectivity index is 3.10. The first kappa shape index (κ1) is 17.1. The first-order valence-corrected chi connectivity index (χ1v) is 7.55. The predicted molar refractivity (Wildman–Crippen MR) is 91.1 cm³/mol. The number of anilines is 1. The average molecular weight is 406 g/mol. The Morgan fingerprint density at radius 2 is 2.10 bits per heavy atom. The summed E-state index contributed by atoms with van der Waals surface area (Å²) in [7, 11) is 0. The highest BCUT2D eigenvalue weighted by molar-refractivity contribution is 14.1. The van der Waals surface area contributed by atoms with Crippen LogP contribution in [0.15, 0.2) is 18.2 Å². The lowest BCUT2D eigenvalue weighted by atomic mass is 10.2. The third-order valence-corrected chi connectivity index (χ3v) is 3.31. The minimum Gasteiger partial charge on any atom is -0.443 e. The molecule has 1 aromatic carbocycles. The molecule has 0 atom stereocenters. The van der Waals surface area contributed by atoms with Crippen molar-refractivity contribution in [1.82, 2.24) is 0 Å². The van der Waals surface area contributed by atoms with E-state index in [1.54, 1.807) is 0 Å². The minimum absolute atomic E-state index is 0.192. The summed E-state index contributed by atoms with van der Waals surface area (Å²) in [6.07, 6.45) is -0.432. The second-order valence-corrected chi connectivity index (χ2v) is 6.64. The maximum absolute atomic E-state index is 12.3. The predicted octanol–water partition coefficient (Wildman–Crippen LogP) is 4.54. The van der Waals surface area contributed by atoms with E-state index in [1.807, 2.05) is 45.9 Å². The smallest absolute Gasteiger partial charge is 0.415 e. The molecular weight excluding hydrogens is 389 g/mol. The van der Waals surface area contributed by atoms with Crippen molar-refractivity contribution in [3.05, 3.63) is 27.3 Å². The first-order chi connectivity index (χ1) is 9.24. The zero-order chi connectivity index (χ0) is 15.3. The maximum atomic E-state index is 12.3. The van der Waals surface area contributed by atoms with E-state index in [9.17, 15) is 4.79 Å². The van der Waals surface area contributed by atoms with Crippen molar-refractivity contribution in [2.24, 2.45) is 0 Å². The zero-order valence-corrected chi connectivity index (χ0v) is 14.9. The normalized spacial score (nSPS) is 10.5. The van der Waals surface area contributed by atoms with Crippen LogP contribution in [0.1, 0.15) is 26.3 Å². The van der Waals surface area contributed by atoms with Crippen LogP contribution in [0.3, 0.4) is 0 Å². The summed E-state index contributed by atoms with van der Waals surface area (Å²) in [5.41, 5.74) is 1.34. The van der Waals surface area contributed by atoms with E-state index in [0.717, 1.165) is 14.8 Å². The summed E-state index contributed by atoms with van der Waals surface area (Å²) in [5, 5.41) is 2.29. The zero-order valence-electron chi connectivity index (χ0n) is 12.0. The number of amides is 1. The van der Waals surface area contributed by atoms with E-state index in [2.05, 4.69) is 33.9 Å². The average Bonchev–Trinajstić information content (AvgIpc) is 2.29. The Morgan fingerprint density at radius 3 is 2.60 bits per heavy atom. The summed E-state index contributed by atoms with van der Waals surface area (Å²) >= 11 is 7.59. The fourth-order valence-corrected chi connectivity index (χ4v) is 2.53. The highest BCUT2D eigenvalue weighted by Crippen LogP contribution is 2.25. The standard InChI is InChI=1S/C15H17ClINO2/c1-11-6-7-13(12(17)10-11)18(9-5-8-16)14(19)20-15(2,3)4/h6-7,10H,9H2,1-4H3. The van der Waals surface area contributed by atoms with Gasteiger partial charge in [0.15, 0.2) is 0 Å². The van der Waals surface area contributed by atoms with Crippen molar-refractivity contribution < 1.29 is 9.53 Å². The van der Waals surface area contributed by atoms with Crippen LogP contribution in [-0.4, -0.2) is 18.2 Å². The lowest BCUT2D eigenvalue weighted by Gasteiger charge is -2.27. The van der Waals surface area contributed by atoms with Crippen LogP contribution in [0.4, 0.5) is 10.5 Å². The van der Waals surface area contributed by atoms with Gasteiger partial charge in [0.2, 0.25) is 0 Å². The van der Waals surface area contributed by atoms with Crippen LogP contribution in [0.5, 0.6) is 0 Å². The molecule has 5 heteroatoms. The van der Waals surface area contributed by atoms with E-state index in [-0.39, 0.29) is 6.54 Å². The SMILES string of the molecule is Cc1ccc(N(CC#CCl)C(=O)OC(C)(C)C)c(I)c1. The molecule has 3 nitrogen and oxygen atoms in total. The van der Waals surface area contributed by atoms with Crippen molar-refractivity contribution in [1.29, 1.82) is 0 Å². The molecule has 0 aliphatic rings. The third-order valence-electron chi connectivity index (χ3n) is 2.31. The molecule has 0 radical (unpaired) electrons. The van der Waals surface area contributed by atoms with Crippen LogP contribution < -0.4 is 4.90 Å². The molecule has 1 amide bonds. The molecule has 0 fully saturated rings. The number of carbonyl (C=O) groups excluding carboxylic acids is 1. The van der Waals surface area contributed by atoms with Gasteiger partial charge in [-0.15, -0.1) is 0 Å². The molecule has 0 aliphatic heterocycles. The lowest BCUT2D eigenvalue weighted by molar-refractivity contribution is 0.0585. The minimum atomic E-state index is -0.556. The first-order valence-electron chi connectivity index (χ1n) is 6.10. The van der Waals surface area contributed by atoms with Crippen LogP contribution >= 0.6 is 34.2 Å². The molecule has 0 unspecified atom stereocenters. The molecule has 108 valence electrons. The molecule has 0 saturated heterocycles. The molecule has 0 saturated carbocycles. The Labute approximate surface area is 138 Å². The largest absolute Gasteiger partial charge is 0.443 e. The van der Waals surface area contributed by atoms with Crippen molar-refractivity contribution in [2.75, 3.05) is 11.4 Å². The second-order valence-electron chi connectivity index (χ2n) is 5.29. The van der Waals surface area contributed by atoms with Crippen molar-refractivity contribution in [2.45, 2.75) is 33.3 Å². The van der Waals surface area contributed by atoms with E-state index in [4.69, 9.17) is 16.3 Å². The number of aryl methyl sites for hydroxylation is 1. The molecule has 0 N–H and O–H groups in total. The Kier molecular flexibility index (Phi) is 6.15. The highest BCUT2D eigenvalue weighted by Gasteiger charge is 2.24. The molecule has 0 aliphatic carbocycles. The number of nitrogens with zero attached hydrogens (tertiary/aromatic N) is 1. The number of carbonyl (C=O) groups is 1. The summed E-state index contributed by atoms with van der Waals surface area (Å²) < 4.78 is 6.37. The maximum Gasteiger partial charge on any atom is 0.415 e. The number of halogens is 2.